The molecule has 0 atom stereocenters. The van der Waals surface area contributed by atoms with Crippen LogP contribution in [0.1, 0.15) is 36.6 Å². The molecule has 0 amide bonds. The molecule has 0 N–H and O–H groups in total. The van der Waals surface area contributed by atoms with Crippen molar-refractivity contribution < 1.29 is 0 Å². The second-order valence-corrected chi connectivity index (χ2v) is 10.2. The molecule has 7 rings (SSSR count). The van der Waals surface area contributed by atoms with E-state index in [0.717, 1.165) is 56.9 Å². The first kappa shape index (κ1) is 22.4. The molecule has 8 bridgehead atoms. The van der Waals surface area contributed by atoms with Crippen LogP contribution in [0.5, 0.6) is 0 Å². The summed E-state index contributed by atoms with van der Waals surface area (Å²) in [6, 6.07) is 37.1. The maximum Gasteiger partial charge on any atom is 0.0928 e. The fourth-order valence-corrected chi connectivity index (χ4v) is 5.06. The Hall–Kier alpha value is -4.84. The Morgan fingerprint density at radius 1 is 0.553 bits per heavy atom. The Morgan fingerprint density at radius 3 is 1.87 bits per heavy atom. The standard InChI is InChI=1S/C32H26N6/c1-32(2)30-18-10-17-27(34-30)28-20-23(35-37(28)24-12-5-3-6-13-24)19-22-11-9-16-26(33-22)29-21-31(32)36-38(29)25-14-7-4-8-15-25/h3-18,20-21H,19H2,1-2H3. The van der Waals surface area contributed by atoms with Crippen LogP contribution in [0.3, 0.4) is 0 Å². The zero-order chi connectivity index (χ0) is 25.7. The van der Waals surface area contributed by atoms with Crippen LogP contribution in [0.25, 0.3) is 34.2 Å². The Morgan fingerprint density at radius 2 is 1.16 bits per heavy atom. The van der Waals surface area contributed by atoms with Crippen LogP contribution in [0, 0.1) is 0 Å². The first-order chi connectivity index (χ1) is 18.6. The average Bonchev–Trinajstić information content (AvgIpc) is 3.60. The molecule has 0 radical (unpaired) electrons. The van der Waals surface area contributed by atoms with Crippen molar-refractivity contribution in [2.24, 2.45) is 0 Å². The molecule has 0 saturated carbocycles. The van der Waals surface area contributed by atoms with Gasteiger partial charge in [0.15, 0.2) is 0 Å². The van der Waals surface area contributed by atoms with Crippen LogP contribution < -0.4 is 0 Å². The van der Waals surface area contributed by atoms with E-state index in [2.05, 4.69) is 86.6 Å². The summed E-state index contributed by atoms with van der Waals surface area (Å²) in [4.78, 5) is 10.3. The summed E-state index contributed by atoms with van der Waals surface area (Å²) in [6.45, 7) is 4.35. The summed E-state index contributed by atoms with van der Waals surface area (Å²) >= 11 is 0. The number of nitrogens with zero attached hydrogens (tertiary/aromatic N) is 6. The van der Waals surface area contributed by atoms with E-state index in [4.69, 9.17) is 20.2 Å². The lowest BCUT2D eigenvalue weighted by molar-refractivity contribution is 0.586. The van der Waals surface area contributed by atoms with Gasteiger partial charge in [0.25, 0.3) is 0 Å². The summed E-state index contributed by atoms with van der Waals surface area (Å²) in [5.41, 5.74) is 8.96. The Bertz CT molecular complexity index is 1760. The predicted octanol–water partition coefficient (Wildman–Crippen LogP) is 6.41. The minimum atomic E-state index is -0.451. The van der Waals surface area contributed by atoms with Gasteiger partial charge >= 0.3 is 0 Å². The van der Waals surface area contributed by atoms with E-state index in [-0.39, 0.29) is 0 Å². The quantitative estimate of drug-likeness (QED) is 0.279. The van der Waals surface area contributed by atoms with Gasteiger partial charge in [-0.25, -0.2) is 9.36 Å². The molecule has 6 aromatic rings. The van der Waals surface area contributed by atoms with Crippen molar-refractivity contribution >= 4 is 0 Å². The number of para-hydroxylation sites is 2. The monoisotopic (exact) mass is 494 g/mol. The van der Waals surface area contributed by atoms with E-state index >= 15 is 0 Å². The number of hydrogen-bond donors (Lipinski definition) is 0. The van der Waals surface area contributed by atoms with Gasteiger partial charge < -0.3 is 0 Å². The van der Waals surface area contributed by atoms with Crippen molar-refractivity contribution in [3.8, 4) is 34.2 Å². The van der Waals surface area contributed by atoms with Gasteiger partial charge in [0.1, 0.15) is 0 Å². The lowest BCUT2D eigenvalue weighted by atomic mass is 9.84. The average molecular weight is 495 g/mol. The van der Waals surface area contributed by atoms with Crippen molar-refractivity contribution in [2.45, 2.75) is 25.7 Å². The summed E-state index contributed by atoms with van der Waals surface area (Å²) < 4.78 is 3.98. The third-order valence-corrected chi connectivity index (χ3v) is 7.19. The van der Waals surface area contributed by atoms with E-state index in [0.29, 0.717) is 6.42 Å². The van der Waals surface area contributed by atoms with Crippen LogP contribution in [0.2, 0.25) is 0 Å². The predicted molar refractivity (Wildman–Crippen MR) is 149 cm³/mol. The maximum absolute atomic E-state index is 5.18. The minimum absolute atomic E-state index is 0.451. The van der Waals surface area contributed by atoms with E-state index in [9.17, 15) is 0 Å². The second kappa shape index (κ2) is 8.63. The highest BCUT2D eigenvalue weighted by Crippen LogP contribution is 2.35. The zero-order valence-corrected chi connectivity index (χ0v) is 21.3. The van der Waals surface area contributed by atoms with Gasteiger partial charge in [-0.15, -0.1) is 0 Å². The SMILES string of the molecule is CC1(C)c2cccc(n2)-c2cc(nn2-c2ccccc2)Cc2cccc(n2)-c2cc1nn2-c1ccccc1. The zero-order valence-electron chi connectivity index (χ0n) is 21.3. The second-order valence-electron chi connectivity index (χ2n) is 10.2. The number of pyridine rings is 2. The highest BCUT2D eigenvalue weighted by molar-refractivity contribution is 5.62. The van der Waals surface area contributed by atoms with Gasteiger partial charge in [0, 0.05) is 12.1 Å². The van der Waals surface area contributed by atoms with Crippen molar-refractivity contribution in [3.63, 3.8) is 0 Å². The maximum atomic E-state index is 5.18. The number of aromatic nitrogens is 6. The summed E-state index contributed by atoms with van der Waals surface area (Å²) in [5, 5.41) is 10.1. The summed E-state index contributed by atoms with van der Waals surface area (Å²) in [7, 11) is 0. The van der Waals surface area contributed by atoms with Crippen LogP contribution >= 0.6 is 0 Å². The van der Waals surface area contributed by atoms with Crippen molar-refractivity contribution in [3.05, 3.63) is 132 Å². The molecular weight excluding hydrogens is 468 g/mol. The van der Waals surface area contributed by atoms with Crippen LogP contribution in [0.15, 0.2) is 109 Å². The van der Waals surface area contributed by atoms with Crippen LogP contribution in [-0.2, 0) is 11.8 Å². The van der Waals surface area contributed by atoms with E-state index in [1.165, 1.54) is 0 Å². The van der Waals surface area contributed by atoms with Crippen LogP contribution in [0.4, 0.5) is 0 Å². The van der Waals surface area contributed by atoms with Gasteiger partial charge in [-0.1, -0.05) is 48.5 Å². The lowest BCUT2D eigenvalue weighted by Gasteiger charge is -2.22. The molecule has 2 aromatic carbocycles. The molecule has 6 nitrogen and oxygen atoms in total. The van der Waals surface area contributed by atoms with Gasteiger partial charge in [0.2, 0.25) is 0 Å². The van der Waals surface area contributed by atoms with Crippen molar-refractivity contribution in [1.29, 1.82) is 0 Å². The molecule has 38 heavy (non-hydrogen) atoms. The van der Waals surface area contributed by atoms with Gasteiger partial charge in [-0.2, -0.15) is 10.2 Å². The molecule has 1 aliphatic heterocycles. The van der Waals surface area contributed by atoms with Gasteiger partial charge in [-0.05, 0) is 74.5 Å². The van der Waals surface area contributed by atoms with Gasteiger partial charge in [-0.3, -0.25) is 9.97 Å². The fourth-order valence-electron chi connectivity index (χ4n) is 5.06. The molecule has 6 heteroatoms. The third kappa shape index (κ3) is 3.73. The molecule has 4 aromatic heterocycles. The molecule has 1 aliphatic rings. The number of fused-ring (bicyclic) bond motifs is 10. The first-order valence-electron chi connectivity index (χ1n) is 12.8. The highest BCUT2D eigenvalue weighted by Gasteiger charge is 2.30. The Kier molecular flexibility index (Phi) is 5.08. The third-order valence-electron chi connectivity index (χ3n) is 7.19. The Balaban J connectivity index is 1.49. The molecule has 0 aliphatic carbocycles. The largest absolute Gasteiger partial charge is 0.251 e. The summed E-state index contributed by atoms with van der Waals surface area (Å²) in [5.74, 6) is 0. The number of benzene rings is 2. The minimum Gasteiger partial charge on any atom is -0.251 e. The first-order valence-corrected chi connectivity index (χ1v) is 12.8. The van der Waals surface area contributed by atoms with Crippen LogP contribution in [-0.4, -0.2) is 29.5 Å². The molecule has 0 saturated heterocycles. The molecular formula is C32H26N6. The molecule has 0 unspecified atom stereocenters. The van der Waals surface area contributed by atoms with Crippen molar-refractivity contribution in [1.82, 2.24) is 29.5 Å². The fraction of sp³-hybridized carbons (Fsp3) is 0.125. The molecule has 0 fully saturated rings. The van der Waals surface area contributed by atoms with Crippen molar-refractivity contribution in [2.75, 3.05) is 0 Å². The molecule has 5 heterocycles. The normalized spacial score (nSPS) is 13.6. The number of hydrogen-bond acceptors (Lipinski definition) is 4. The lowest BCUT2D eigenvalue weighted by Crippen LogP contribution is -2.22. The number of rotatable bonds is 2. The van der Waals surface area contributed by atoms with E-state index in [1.54, 1.807) is 0 Å². The summed E-state index contributed by atoms with van der Waals surface area (Å²) in [6.07, 6.45) is 0.609. The molecule has 0 spiro atoms. The van der Waals surface area contributed by atoms with Gasteiger partial charge in [0.05, 0.1) is 56.6 Å². The van der Waals surface area contributed by atoms with E-state index in [1.807, 2.05) is 45.8 Å². The smallest absolute Gasteiger partial charge is 0.0928 e. The molecule has 184 valence electrons. The van der Waals surface area contributed by atoms with E-state index < -0.39 is 5.41 Å². The Labute approximate surface area is 221 Å². The highest BCUT2D eigenvalue weighted by atomic mass is 15.3. The topological polar surface area (TPSA) is 61.4 Å².